The van der Waals surface area contributed by atoms with Crippen LogP contribution >= 0.6 is 11.6 Å². The molecule has 1 aliphatic rings. The Morgan fingerprint density at radius 2 is 1.79 bits per heavy atom. The second-order valence-corrected chi connectivity index (χ2v) is 6.96. The Labute approximate surface area is 168 Å². The van der Waals surface area contributed by atoms with Crippen LogP contribution in [-0.2, 0) is 9.59 Å². The van der Waals surface area contributed by atoms with Gasteiger partial charge in [-0.05, 0) is 30.7 Å². The molecule has 28 heavy (non-hydrogen) atoms. The second-order valence-electron chi connectivity index (χ2n) is 6.55. The molecular weight excluding hydrogens is 380 g/mol. The summed E-state index contributed by atoms with van der Waals surface area (Å²) in [4.78, 5) is 36.9. The first-order chi connectivity index (χ1) is 13.5. The lowest BCUT2D eigenvalue weighted by Crippen LogP contribution is -2.50. The summed E-state index contributed by atoms with van der Waals surface area (Å²) in [6, 6.07) is 7.09. The molecule has 0 radical (unpaired) electrons. The van der Waals surface area contributed by atoms with Crippen LogP contribution in [0.4, 0.5) is 11.6 Å². The molecule has 8 nitrogen and oxygen atoms in total. The Bertz CT molecular complexity index is 824. The largest absolute Gasteiger partial charge is 0.346 e. The molecule has 9 heteroatoms. The van der Waals surface area contributed by atoms with Gasteiger partial charge >= 0.3 is 0 Å². The molecule has 1 aromatic carbocycles. The summed E-state index contributed by atoms with van der Waals surface area (Å²) >= 11 is 6.04. The van der Waals surface area contributed by atoms with Crippen LogP contribution in [0.15, 0.2) is 36.7 Å². The molecule has 1 fully saturated rings. The van der Waals surface area contributed by atoms with Crippen molar-refractivity contribution in [2.75, 3.05) is 49.5 Å². The molecule has 1 aliphatic heterocycles. The lowest BCUT2D eigenvalue weighted by molar-refractivity contribution is -0.125. The monoisotopic (exact) mass is 402 g/mol. The van der Waals surface area contributed by atoms with Crippen molar-refractivity contribution in [2.24, 2.45) is 0 Å². The summed E-state index contributed by atoms with van der Waals surface area (Å²) in [6.07, 6.45) is 3.44. The normalized spacial score (nSPS) is 14.6. The minimum Gasteiger partial charge on any atom is -0.346 e. The number of carbonyl (C=O) groups excluding carboxylic acids is 2. The molecule has 1 aromatic heterocycles. The molecule has 0 spiro atoms. The van der Waals surface area contributed by atoms with Gasteiger partial charge in [-0.2, -0.15) is 0 Å². The van der Waals surface area contributed by atoms with Crippen molar-refractivity contribution in [2.45, 2.75) is 6.92 Å². The number of halogens is 1. The van der Waals surface area contributed by atoms with Crippen LogP contribution in [0.3, 0.4) is 0 Å². The third-order valence-electron chi connectivity index (χ3n) is 4.56. The number of benzene rings is 1. The number of piperazine rings is 1. The first-order valence-corrected chi connectivity index (χ1v) is 9.46. The van der Waals surface area contributed by atoms with E-state index >= 15 is 0 Å². The number of hydrogen-bond acceptors (Lipinski definition) is 6. The van der Waals surface area contributed by atoms with E-state index in [1.807, 2.05) is 11.8 Å². The van der Waals surface area contributed by atoms with Crippen LogP contribution in [0.2, 0.25) is 5.02 Å². The van der Waals surface area contributed by atoms with E-state index in [4.69, 9.17) is 11.6 Å². The Kier molecular flexibility index (Phi) is 6.78. The lowest BCUT2D eigenvalue weighted by Gasteiger charge is -2.34. The number of aromatic nitrogens is 2. The van der Waals surface area contributed by atoms with Crippen LogP contribution in [-0.4, -0.2) is 66.0 Å². The number of hydrogen-bond donors (Lipinski definition) is 2. The molecule has 0 aliphatic carbocycles. The average Bonchev–Trinajstić information content (AvgIpc) is 2.71. The zero-order chi connectivity index (χ0) is 19.9. The van der Waals surface area contributed by atoms with Gasteiger partial charge in [-0.3, -0.25) is 14.5 Å². The lowest BCUT2D eigenvalue weighted by atomic mass is 10.2. The van der Waals surface area contributed by atoms with Crippen LogP contribution in [0, 0.1) is 6.92 Å². The van der Waals surface area contributed by atoms with Crippen molar-refractivity contribution >= 4 is 35.1 Å². The fraction of sp³-hybridized carbons (Fsp3) is 0.368. The summed E-state index contributed by atoms with van der Waals surface area (Å²) in [7, 11) is 0. The van der Waals surface area contributed by atoms with Gasteiger partial charge in [-0.15, -0.1) is 0 Å². The predicted molar refractivity (Wildman–Crippen MR) is 109 cm³/mol. The first-order valence-electron chi connectivity index (χ1n) is 9.09. The fourth-order valence-electron chi connectivity index (χ4n) is 2.94. The second kappa shape index (κ2) is 9.48. The van der Waals surface area contributed by atoms with Gasteiger partial charge in [-0.25, -0.2) is 9.97 Å². The molecular formula is C19H23ClN6O2. The molecule has 2 amide bonds. The molecule has 148 valence electrons. The van der Waals surface area contributed by atoms with E-state index in [9.17, 15) is 9.59 Å². The maximum atomic E-state index is 12.1. The van der Waals surface area contributed by atoms with Crippen molar-refractivity contribution < 1.29 is 9.59 Å². The summed E-state index contributed by atoms with van der Waals surface area (Å²) in [5.41, 5.74) is 1.44. The number of anilines is 2. The van der Waals surface area contributed by atoms with Gasteiger partial charge in [0, 0.05) is 49.3 Å². The van der Waals surface area contributed by atoms with Crippen LogP contribution in [0.25, 0.3) is 0 Å². The highest BCUT2D eigenvalue weighted by atomic mass is 35.5. The van der Waals surface area contributed by atoms with Gasteiger partial charge in [-0.1, -0.05) is 17.7 Å². The number of nitrogens with one attached hydrogen (secondary N) is 2. The van der Waals surface area contributed by atoms with E-state index in [1.165, 1.54) is 0 Å². The van der Waals surface area contributed by atoms with Crippen molar-refractivity contribution in [3.63, 3.8) is 0 Å². The molecule has 3 rings (SSSR count). The van der Waals surface area contributed by atoms with Gasteiger partial charge in [0.1, 0.15) is 0 Å². The number of amides is 2. The maximum absolute atomic E-state index is 12.1. The SMILES string of the molecule is Cc1c(Cl)cccc1NC(=O)CNC(=O)CN1CCN(c2ncccn2)CC1. The number of rotatable bonds is 6. The standard InChI is InChI=1S/C19H23ClN6O2/c1-14-15(20)4-2-5-16(14)24-17(27)12-23-18(28)13-25-8-10-26(11-9-25)19-21-6-3-7-22-19/h2-7H,8-13H2,1H3,(H,23,28)(H,24,27). The molecule has 2 N–H and O–H groups in total. The van der Waals surface area contributed by atoms with E-state index < -0.39 is 0 Å². The molecule has 0 unspecified atom stereocenters. The average molecular weight is 403 g/mol. The Morgan fingerprint density at radius 1 is 1.07 bits per heavy atom. The quantitative estimate of drug-likeness (QED) is 0.757. The zero-order valence-electron chi connectivity index (χ0n) is 15.7. The summed E-state index contributed by atoms with van der Waals surface area (Å²) < 4.78 is 0. The summed E-state index contributed by atoms with van der Waals surface area (Å²) in [5.74, 6) is 0.242. The highest BCUT2D eigenvalue weighted by Gasteiger charge is 2.20. The Balaban J connectivity index is 1.39. The van der Waals surface area contributed by atoms with Crippen LogP contribution in [0.5, 0.6) is 0 Å². The smallest absolute Gasteiger partial charge is 0.243 e. The topological polar surface area (TPSA) is 90.5 Å². The summed E-state index contributed by atoms with van der Waals surface area (Å²) in [6.45, 7) is 4.99. The third-order valence-corrected chi connectivity index (χ3v) is 4.97. The first kappa shape index (κ1) is 20.0. The number of carbonyl (C=O) groups is 2. The van der Waals surface area contributed by atoms with Gasteiger partial charge in [0.25, 0.3) is 0 Å². The predicted octanol–water partition coefficient (Wildman–Crippen LogP) is 1.32. The van der Waals surface area contributed by atoms with Gasteiger partial charge in [0.15, 0.2) is 0 Å². The van der Waals surface area contributed by atoms with Gasteiger partial charge in [0.2, 0.25) is 17.8 Å². The Hall–Kier alpha value is -2.71. The van der Waals surface area contributed by atoms with E-state index in [0.717, 1.165) is 31.7 Å². The molecule has 2 heterocycles. The van der Waals surface area contributed by atoms with E-state index in [-0.39, 0.29) is 24.9 Å². The molecule has 0 bridgehead atoms. The third kappa shape index (κ3) is 5.40. The van der Waals surface area contributed by atoms with Gasteiger partial charge < -0.3 is 15.5 Å². The van der Waals surface area contributed by atoms with Crippen LogP contribution in [0.1, 0.15) is 5.56 Å². The van der Waals surface area contributed by atoms with Crippen molar-refractivity contribution in [1.82, 2.24) is 20.2 Å². The Morgan fingerprint density at radius 3 is 2.50 bits per heavy atom. The summed E-state index contributed by atoms with van der Waals surface area (Å²) in [5, 5.41) is 6.01. The molecule has 1 saturated heterocycles. The van der Waals surface area contributed by atoms with E-state index in [1.54, 1.807) is 36.7 Å². The highest BCUT2D eigenvalue weighted by Crippen LogP contribution is 2.22. The minimum absolute atomic E-state index is 0.0807. The van der Waals surface area contributed by atoms with Gasteiger partial charge in [0.05, 0.1) is 13.1 Å². The minimum atomic E-state index is -0.287. The highest BCUT2D eigenvalue weighted by molar-refractivity contribution is 6.31. The van der Waals surface area contributed by atoms with Crippen molar-refractivity contribution in [3.05, 3.63) is 47.2 Å². The van der Waals surface area contributed by atoms with Crippen molar-refractivity contribution in [1.29, 1.82) is 0 Å². The van der Waals surface area contributed by atoms with E-state index in [0.29, 0.717) is 16.7 Å². The van der Waals surface area contributed by atoms with Crippen molar-refractivity contribution in [3.8, 4) is 0 Å². The molecule has 2 aromatic rings. The van der Waals surface area contributed by atoms with E-state index in [2.05, 4.69) is 25.5 Å². The number of nitrogens with zero attached hydrogens (tertiary/aromatic N) is 4. The zero-order valence-corrected chi connectivity index (χ0v) is 16.4. The fourth-order valence-corrected chi connectivity index (χ4v) is 3.11. The molecule has 0 saturated carbocycles. The maximum Gasteiger partial charge on any atom is 0.243 e. The molecule has 0 atom stereocenters. The van der Waals surface area contributed by atoms with Crippen LogP contribution < -0.4 is 15.5 Å².